The monoisotopic (exact) mass is 366 g/mol. The molecule has 0 saturated carbocycles. The minimum absolute atomic E-state index is 0.144. The maximum atomic E-state index is 13.8. The second-order valence-corrected chi connectivity index (χ2v) is 5.96. The van der Waals surface area contributed by atoms with E-state index in [-0.39, 0.29) is 17.7 Å². The fourth-order valence-electron chi connectivity index (χ4n) is 2.55. The number of nitrogens with zero attached hydrogens (tertiary/aromatic N) is 1. The summed E-state index contributed by atoms with van der Waals surface area (Å²) in [7, 11) is 0. The van der Waals surface area contributed by atoms with Crippen LogP contribution in [0.5, 0.6) is 0 Å². The molecule has 130 valence electrons. The summed E-state index contributed by atoms with van der Waals surface area (Å²) in [5, 5.41) is 2.97. The second kappa shape index (κ2) is 6.68. The number of oxazole rings is 1. The van der Waals surface area contributed by atoms with Crippen LogP contribution in [-0.2, 0) is 11.3 Å². The highest BCUT2D eigenvalue weighted by molar-refractivity contribution is 6.31. The molecule has 1 amide bonds. The minimum atomic E-state index is -0.756. The Labute approximate surface area is 145 Å². The van der Waals surface area contributed by atoms with Crippen LogP contribution in [0.4, 0.5) is 8.78 Å². The number of carbonyl (C=O) groups is 1. The molecule has 1 N–H and O–H groups in total. The zero-order valence-corrected chi connectivity index (χ0v) is 13.8. The van der Waals surface area contributed by atoms with Crippen molar-refractivity contribution in [2.24, 2.45) is 0 Å². The van der Waals surface area contributed by atoms with Gasteiger partial charge >= 0.3 is 5.76 Å². The molecular formula is C17H13ClF2N2O3. The van der Waals surface area contributed by atoms with Gasteiger partial charge in [0, 0.05) is 22.7 Å². The predicted octanol–water partition coefficient (Wildman–Crippen LogP) is 3.40. The number of hydrogen-bond donors (Lipinski definition) is 1. The highest BCUT2D eigenvalue weighted by Crippen LogP contribution is 2.19. The smallest absolute Gasteiger partial charge is 0.408 e. The van der Waals surface area contributed by atoms with E-state index in [0.717, 1.165) is 16.7 Å². The van der Waals surface area contributed by atoms with Gasteiger partial charge in [0.05, 0.1) is 11.6 Å². The largest absolute Gasteiger partial charge is 0.420 e. The van der Waals surface area contributed by atoms with Crippen LogP contribution in [0.3, 0.4) is 0 Å². The van der Waals surface area contributed by atoms with Crippen LogP contribution in [0.1, 0.15) is 18.5 Å². The molecule has 3 aromatic rings. The molecule has 0 spiro atoms. The van der Waals surface area contributed by atoms with E-state index in [4.69, 9.17) is 16.0 Å². The van der Waals surface area contributed by atoms with Gasteiger partial charge in [0.2, 0.25) is 5.91 Å². The first-order chi connectivity index (χ1) is 11.8. The molecule has 0 saturated heterocycles. The lowest BCUT2D eigenvalue weighted by molar-refractivity contribution is -0.122. The third-order valence-electron chi connectivity index (χ3n) is 3.74. The van der Waals surface area contributed by atoms with Gasteiger partial charge < -0.3 is 9.73 Å². The molecule has 1 atom stereocenters. The molecule has 2 aromatic carbocycles. The molecule has 0 bridgehead atoms. The summed E-state index contributed by atoms with van der Waals surface area (Å²) in [6.45, 7) is 1.25. The van der Waals surface area contributed by atoms with Crippen molar-refractivity contribution in [3.63, 3.8) is 0 Å². The number of halogens is 3. The average molecular weight is 367 g/mol. The first kappa shape index (κ1) is 17.2. The maximum Gasteiger partial charge on any atom is 0.420 e. The van der Waals surface area contributed by atoms with Gasteiger partial charge in [0.15, 0.2) is 5.58 Å². The van der Waals surface area contributed by atoms with Gasteiger partial charge in [0.25, 0.3) is 0 Å². The Kier molecular flexibility index (Phi) is 4.59. The summed E-state index contributed by atoms with van der Waals surface area (Å²) >= 11 is 5.84. The Morgan fingerprint density at radius 1 is 1.28 bits per heavy atom. The summed E-state index contributed by atoms with van der Waals surface area (Å²) in [5.41, 5.74) is 0.832. The molecule has 1 heterocycles. The van der Waals surface area contributed by atoms with E-state index in [1.54, 1.807) is 19.1 Å². The second-order valence-electron chi connectivity index (χ2n) is 5.52. The van der Waals surface area contributed by atoms with E-state index >= 15 is 0 Å². The minimum Gasteiger partial charge on any atom is -0.408 e. The SMILES string of the molecule is C[C@@H](NC(=O)Cn1c(=O)oc2cc(Cl)ccc21)c1ccc(F)cc1F. The van der Waals surface area contributed by atoms with Crippen molar-refractivity contribution in [2.75, 3.05) is 0 Å². The van der Waals surface area contributed by atoms with E-state index in [1.165, 1.54) is 12.1 Å². The Morgan fingerprint density at radius 2 is 2.04 bits per heavy atom. The quantitative estimate of drug-likeness (QED) is 0.769. The van der Waals surface area contributed by atoms with Crippen LogP contribution < -0.4 is 11.1 Å². The van der Waals surface area contributed by atoms with E-state index in [9.17, 15) is 18.4 Å². The number of nitrogens with one attached hydrogen (secondary N) is 1. The van der Waals surface area contributed by atoms with Gasteiger partial charge in [-0.05, 0) is 25.1 Å². The lowest BCUT2D eigenvalue weighted by Gasteiger charge is -2.15. The molecule has 0 radical (unpaired) electrons. The van der Waals surface area contributed by atoms with Crippen molar-refractivity contribution in [1.29, 1.82) is 0 Å². The molecule has 0 aliphatic rings. The molecule has 0 unspecified atom stereocenters. The van der Waals surface area contributed by atoms with Gasteiger partial charge in [0.1, 0.15) is 18.2 Å². The third kappa shape index (κ3) is 3.56. The van der Waals surface area contributed by atoms with Crippen LogP contribution in [0.15, 0.2) is 45.6 Å². The molecule has 8 heteroatoms. The fourth-order valence-corrected chi connectivity index (χ4v) is 2.71. The van der Waals surface area contributed by atoms with Crippen LogP contribution in [0.25, 0.3) is 11.1 Å². The molecule has 3 rings (SSSR count). The van der Waals surface area contributed by atoms with Gasteiger partial charge in [-0.25, -0.2) is 13.6 Å². The van der Waals surface area contributed by atoms with E-state index in [1.807, 2.05) is 0 Å². The van der Waals surface area contributed by atoms with Crippen LogP contribution >= 0.6 is 11.6 Å². The first-order valence-corrected chi connectivity index (χ1v) is 7.76. The Bertz CT molecular complexity index is 1010. The Morgan fingerprint density at radius 3 is 2.76 bits per heavy atom. The molecule has 0 fully saturated rings. The normalized spacial score (nSPS) is 12.3. The predicted molar refractivity (Wildman–Crippen MR) is 88.4 cm³/mol. The zero-order valence-electron chi connectivity index (χ0n) is 13.1. The summed E-state index contributed by atoms with van der Waals surface area (Å²) in [4.78, 5) is 24.1. The standard InChI is InChI=1S/C17H13ClF2N2O3/c1-9(12-4-3-11(19)7-13(12)20)21-16(23)8-22-14-5-2-10(18)6-15(14)25-17(22)24/h2-7,9H,8H2,1H3,(H,21,23)/t9-/m1/s1. The lowest BCUT2D eigenvalue weighted by atomic mass is 10.1. The first-order valence-electron chi connectivity index (χ1n) is 7.38. The number of aromatic nitrogens is 1. The van der Waals surface area contributed by atoms with Crippen molar-refractivity contribution >= 4 is 28.6 Å². The van der Waals surface area contributed by atoms with Crippen LogP contribution in [0, 0.1) is 11.6 Å². The Hall–Kier alpha value is -2.67. The van der Waals surface area contributed by atoms with Gasteiger partial charge in [-0.2, -0.15) is 0 Å². The van der Waals surface area contributed by atoms with Crippen LogP contribution in [0.2, 0.25) is 5.02 Å². The van der Waals surface area contributed by atoms with Gasteiger partial charge in [-0.15, -0.1) is 0 Å². The van der Waals surface area contributed by atoms with Crippen molar-refractivity contribution in [1.82, 2.24) is 9.88 Å². The van der Waals surface area contributed by atoms with Crippen LogP contribution in [-0.4, -0.2) is 10.5 Å². The number of benzene rings is 2. The molecule has 1 aromatic heterocycles. The van der Waals surface area contributed by atoms with Crippen molar-refractivity contribution in [2.45, 2.75) is 19.5 Å². The van der Waals surface area contributed by atoms with Crippen molar-refractivity contribution < 1.29 is 18.0 Å². The highest BCUT2D eigenvalue weighted by atomic mass is 35.5. The Balaban J connectivity index is 1.79. The van der Waals surface area contributed by atoms with E-state index in [0.29, 0.717) is 10.5 Å². The molecule has 0 aliphatic carbocycles. The number of fused-ring (bicyclic) bond motifs is 1. The number of rotatable bonds is 4. The number of carbonyl (C=O) groups excluding carboxylic acids is 1. The molecule has 0 aliphatic heterocycles. The average Bonchev–Trinajstić information content (AvgIpc) is 2.81. The topological polar surface area (TPSA) is 64.2 Å². The fraction of sp³-hybridized carbons (Fsp3) is 0.176. The summed E-state index contributed by atoms with van der Waals surface area (Å²) in [6.07, 6.45) is 0. The number of hydrogen-bond acceptors (Lipinski definition) is 3. The summed E-state index contributed by atoms with van der Waals surface area (Å²) in [5.74, 6) is -2.67. The zero-order chi connectivity index (χ0) is 18.1. The lowest BCUT2D eigenvalue weighted by Crippen LogP contribution is -2.33. The summed E-state index contributed by atoms with van der Waals surface area (Å²) in [6, 6.07) is 7.04. The van der Waals surface area contributed by atoms with Gasteiger partial charge in [-0.1, -0.05) is 17.7 Å². The molecular weight excluding hydrogens is 354 g/mol. The van der Waals surface area contributed by atoms with Gasteiger partial charge in [-0.3, -0.25) is 9.36 Å². The van der Waals surface area contributed by atoms with Crippen molar-refractivity contribution in [3.8, 4) is 0 Å². The van der Waals surface area contributed by atoms with Crippen molar-refractivity contribution in [3.05, 3.63) is 69.2 Å². The van der Waals surface area contributed by atoms with E-state index in [2.05, 4.69) is 5.32 Å². The third-order valence-corrected chi connectivity index (χ3v) is 3.97. The maximum absolute atomic E-state index is 13.8. The highest BCUT2D eigenvalue weighted by Gasteiger charge is 2.17. The number of amides is 1. The molecule has 5 nitrogen and oxygen atoms in total. The molecule has 25 heavy (non-hydrogen) atoms. The summed E-state index contributed by atoms with van der Waals surface area (Å²) < 4.78 is 32.9. The van der Waals surface area contributed by atoms with E-state index < -0.39 is 29.3 Å².